The van der Waals surface area contributed by atoms with Crippen LogP contribution >= 0.6 is 0 Å². The van der Waals surface area contributed by atoms with E-state index >= 15 is 0 Å². The third-order valence-corrected chi connectivity index (χ3v) is 16.2. The first-order valence-electron chi connectivity index (χ1n) is 31.4. The van der Waals surface area contributed by atoms with Crippen molar-refractivity contribution in [3.05, 3.63) is 285 Å². The Morgan fingerprint density at radius 1 is 0.124 bits per heavy atom. The molecule has 8 N–H and O–H groups in total. The van der Waals surface area contributed by atoms with Crippen LogP contribution in [0.15, 0.2) is 194 Å². The summed E-state index contributed by atoms with van der Waals surface area (Å²) in [6, 6.07) is 65.6. The van der Waals surface area contributed by atoms with Crippen LogP contribution in [0, 0.1) is 0 Å². The normalized spacial score (nSPS) is 12.5. The van der Waals surface area contributed by atoms with Gasteiger partial charge in [0, 0.05) is 108 Å². The zero-order valence-corrected chi connectivity index (χ0v) is 55.0. The summed E-state index contributed by atoms with van der Waals surface area (Å²) in [5.41, 5.74) is 31.4. The van der Waals surface area contributed by atoms with Crippen LogP contribution in [-0.4, -0.2) is 79.7 Å². The second kappa shape index (κ2) is 25.8. The maximum absolute atomic E-state index is 4.62. The minimum Gasteiger partial charge on any atom is -0.355 e. The molecule has 0 radical (unpaired) electrons. The van der Waals surface area contributed by atoms with Crippen molar-refractivity contribution in [1.29, 1.82) is 0 Å². The Labute approximate surface area is 566 Å². The van der Waals surface area contributed by atoms with Crippen LogP contribution in [0.4, 0.5) is 0 Å². The number of nitrogens with one attached hydrogen (secondary N) is 8. The molecule has 32 bridgehead atoms. The monoisotopic (exact) mass is 1300 g/mol. The van der Waals surface area contributed by atoms with E-state index in [9.17, 15) is 0 Å². The fraction of sp³-hybridized carbons (Fsp3) is 0. The number of fused-ring (bicyclic) bond motifs is 32. The molecule has 0 aliphatic carbocycles. The second-order valence-corrected chi connectivity index (χ2v) is 23.6. The number of nitrogens with zero attached hydrogens (tertiary/aromatic N) is 8. The molecule has 8 aliphatic heterocycles. The molecule has 12 aromatic rings. The van der Waals surface area contributed by atoms with E-state index in [1.807, 2.05) is 170 Å². The molecule has 0 spiro atoms. The molecule has 16 nitrogen and oxygen atoms in total. The molecule has 458 valence electrons. The van der Waals surface area contributed by atoms with Crippen LogP contribution in [-0.2, 0) is 19.5 Å². The molecule has 0 saturated carbocycles. The summed E-state index contributed by atoms with van der Waals surface area (Å²) in [5.74, 6) is 0. The van der Waals surface area contributed by atoms with Gasteiger partial charge in [0.25, 0.3) is 0 Å². The second-order valence-electron chi connectivity index (χ2n) is 23.6. The minimum atomic E-state index is 0. The summed E-state index contributed by atoms with van der Waals surface area (Å²) in [7, 11) is 0. The average molecular weight is 1310 g/mol. The Morgan fingerprint density at radius 3 is 0.330 bits per heavy atom. The topological polar surface area (TPSA) is 229 Å². The van der Waals surface area contributed by atoms with Crippen LogP contribution in [0.3, 0.4) is 0 Å². The molecule has 20 rings (SSSR count). The molecule has 20 heterocycles. The largest absolute Gasteiger partial charge is 0.355 e. The van der Waals surface area contributed by atoms with Gasteiger partial charge < -0.3 is 39.9 Å². The summed E-state index contributed by atoms with van der Waals surface area (Å²) in [6.07, 6.45) is 32.2. The smallest absolute Gasteiger partial charge is 0.0659 e. The summed E-state index contributed by atoms with van der Waals surface area (Å²) in [5, 5.41) is 0. The standard InChI is InChI=1S/4C20H14N4.Zn/c4*1-2-14-10-16-5-6-18(23-16)12-20-8-7-19(24-20)11-17-4-3-15(22-17)9-13(1)21-14;/h4*1-12,21-22H;. The molecule has 8 aliphatic rings. The first-order valence-corrected chi connectivity index (χ1v) is 31.4. The van der Waals surface area contributed by atoms with Crippen molar-refractivity contribution < 1.29 is 19.5 Å². The molecule has 0 atom stereocenters. The van der Waals surface area contributed by atoms with Gasteiger partial charge in [0.15, 0.2) is 0 Å². The Hall–Kier alpha value is -13.0. The molecule has 97 heavy (non-hydrogen) atoms. The van der Waals surface area contributed by atoms with Crippen LogP contribution in [0.25, 0.3) is 185 Å². The first kappa shape index (κ1) is 59.1. The fourth-order valence-corrected chi connectivity index (χ4v) is 11.8. The summed E-state index contributed by atoms with van der Waals surface area (Å²) in [6.45, 7) is 0. The molecule has 0 unspecified atom stereocenters. The van der Waals surface area contributed by atoms with E-state index in [1.165, 1.54) is 0 Å². The van der Waals surface area contributed by atoms with Gasteiger partial charge in [-0.3, -0.25) is 0 Å². The summed E-state index contributed by atoms with van der Waals surface area (Å²) in [4.78, 5) is 64.1. The maximum atomic E-state index is 4.62. The van der Waals surface area contributed by atoms with Crippen LogP contribution < -0.4 is 0 Å². The third kappa shape index (κ3) is 14.3. The van der Waals surface area contributed by atoms with E-state index < -0.39 is 0 Å². The molecular weight excluding hydrogens is 1250 g/mol. The summed E-state index contributed by atoms with van der Waals surface area (Å²) >= 11 is 0. The molecule has 12 aromatic heterocycles. The van der Waals surface area contributed by atoms with E-state index in [2.05, 4.69) is 201 Å². The quantitative estimate of drug-likeness (QED) is 0.0679. The van der Waals surface area contributed by atoms with Gasteiger partial charge in [-0.15, -0.1) is 0 Å². The van der Waals surface area contributed by atoms with Gasteiger partial charge in [0.05, 0.1) is 91.1 Å². The van der Waals surface area contributed by atoms with E-state index in [0.29, 0.717) is 0 Å². The molecule has 0 aromatic carbocycles. The Morgan fingerprint density at radius 2 is 0.216 bits per heavy atom. The molecule has 0 saturated heterocycles. The molecule has 17 heteroatoms. The minimum absolute atomic E-state index is 0. The van der Waals surface area contributed by atoms with Gasteiger partial charge in [0.1, 0.15) is 0 Å². The predicted octanol–water partition coefficient (Wildman–Crippen LogP) is 18.6. The van der Waals surface area contributed by atoms with Crippen molar-refractivity contribution in [2.24, 2.45) is 0 Å². The van der Waals surface area contributed by atoms with Gasteiger partial charge >= 0.3 is 0 Å². The number of aromatic amines is 8. The predicted molar refractivity (Wildman–Crippen MR) is 395 cm³/mol. The number of H-pyrrole nitrogens is 8. The van der Waals surface area contributed by atoms with Crippen LogP contribution in [0.2, 0.25) is 0 Å². The number of hydrogen-bond donors (Lipinski definition) is 8. The number of aromatic nitrogens is 16. The van der Waals surface area contributed by atoms with Crippen LogP contribution in [0.5, 0.6) is 0 Å². The first-order chi connectivity index (χ1) is 47.2. The van der Waals surface area contributed by atoms with E-state index in [4.69, 9.17) is 0 Å². The van der Waals surface area contributed by atoms with E-state index in [-0.39, 0.29) is 19.5 Å². The van der Waals surface area contributed by atoms with Crippen molar-refractivity contribution in [2.75, 3.05) is 0 Å². The van der Waals surface area contributed by atoms with Gasteiger partial charge in [-0.1, -0.05) is 0 Å². The zero-order chi connectivity index (χ0) is 63.7. The maximum Gasteiger partial charge on any atom is 0.0659 e. The van der Waals surface area contributed by atoms with Crippen molar-refractivity contribution in [2.45, 2.75) is 0 Å². The van der Waals surface area contributed by atoms with Crippen molar-refractivity contribution in [3.8, 4) is 0 Å². The van der Waals surface area contributed by atoms with Gasteiger partial charge in [-0.2, -0.15) is 0 Å². The Bertz CT molecular complexity index is 5030. The Kier molecular flexibility index (Phi) is 15.7. The van der Waals surface area contributed by atoms with Gasteiger partial charge in [-0.05, 0) is 291 Å². The zero-order valence-electron chi connectivity index (χ0n) is 52.0. The van der Waals surface area contributed by atoms with Crippen molar-refractivity contribution >= 4 is 185 Å². The number of rotatable bonds is 0. The van der Waals surface area contributed by atoms with E-state index in [0.717, 1.165) is 179 Å². The molecule has 0 amide bonds. The van der Waals surface area contributed by atoms with Crippen LogP contribution in [0.1, 0.15) is 91.1 Å². The molecular formula is C80H56N16Zn. The summed E-state index contributed by atoms with van der Waals surface area (Å²) < 4.78 is 0. The van der Waals surface area contributed by atoms with Gasteiger partial charge in [-0.25, -0.2) is 39.9 Å². The van der Waals surface area contributed by atoms with E-state index in [1.54, 1.807) is 0 Å². The van der Waals surface area contributed by atoms with Crippen molar-refractivity contribution in [1.82, 2.24) is 79.7 Å². The SMILES string of the molecule is C1=Cc2cc3ccc(cc4ccc(cc5nc(cc1n2)C=C5)[nH]4)[nH]3.C1=Cc2cc3ccc(cc4ccc(cc5nc(cc1n2)C=C5)[nH]4)[nH]3.C1=Cc2cc3ccc(cc4ccc(cc5nc(cc1n2)C=C5)[nH]4)[nH]3.C1=Cc2cc3ccc(cc4ccc(cc5nc(cc1n2)C=C5)[nH]4)[nH]3.[Zn]. The average Bonchev–Trinajstić information content (AvgIpc) is 1.76. The third-order valence-electron chi connectivity index (χ3n) is 16.2. The number of hydrogen-bond acceptors (Lipinski definition) is 8. The fourth-order valence-electron chi connectivity index (χ4n) is 11.8. The van der Waals surface area contributed by atoms with Crippen molar-refractivity contribution in [3.63, 3.8) is 0 Å². The Balaban J connectivity index is 0.000000101. The van der Waals surface area contributed by atoms with Gasteiger partial charge in [0.2, 0.25) is 0 Å². The molecule has 0 fully saturated rings.